The summed E-state index contributed by atoms with van der Waals surface area (Å²) in [7, 11) is 1.42. The number of esters is 1. The Bertz CT molecular complexity index is 1730. The average Bonchev–Trinajstić information content (AvgIpc) is 3.50. The van der Waals surface area contributed by atoms with Crippen LogP contribution < -0.4 is 4.90 Å². The minimum atomic E-state index is -0.500. The average molecular weight is 676 g/mol. The Balaban J connectivity index is 0.00000101. The predicted octanol–water partition coefficient (Wildman–Crippen LogP) is 6.18. The van der Waals surface area contributed by atoms with Crippen LogP contribution in [0.3, 0.4) is 0 Å². The van der Waals surface area contributed by atoms with E-state index in [2.05, 4.69) is 35.4 Å². The molecule has 3 N–H and O–H groups in total. The lowest BCUT2D eigenvalue weighted by Crippen LogP contribution is -2.45. The van der Waals surface area contributed by atoms with Crippen molar-refractivity contribution in [2.24, 2.45) is 0 Å². The van der Waals surface area contributed by atoms with Gasteiger partial charge in [0.15, 0.2) is 0 Å². The first kappa shape index (κ1) is 37.9. The Morgan fingerprint density at radius 1 is 0.980 bits per heavy atom. The molecule has 0 bridgehead atoms. The molecule has 0 saturated carbocycles. The summed E-state index contributed by atoms with van der Waals surface area (Å²) in [5, 5.41) is 28.0. The van der Waals surface area contributed by atoms with Crippen LogP contribution in [0.1, 0.15) is 62.8 Å². The summed E-state index contributed by atoms with van der Waals surface area (Å²) in [5.74, 6) is 0.906. The van der Waals surface area contributed by atoms with E-state index in [1.165, 1.54) is 7.11 Å². The molecule has 10 nitrogen and oxygen atoms in total. The van der Waals surface area contributed by atoms with Gasteiger partial charge in [0, 0.05) is 36.0 Å². The van der Waals surface area contributed by atoms with Crippen molar-refractivity contribution in [3.05, 3.63) is 70.9 Å². The SMILES string of the molecule is CC(C)(C)O.COC(=O)Cc1c(C)c(C)c2nc(-c3cccc(-c4cc(C)ccc4O)c3)cn2c1N1CCC(C)(OCCOCCO)CC1. The van der Waals surface area contributed by atoms with Crippen LogP contribution in [-0.4, -0.2) is 88.5 Å². The van der Waals surface area contributed by atoms with E-state index in [1.54, 1.807) is 26.8 Å². The molecule has 2 aromatic heterocycles. The van der Waals surface area contributed by atoms with E-state index in [0.717, 1.165) is 82.0 Å². The van der Waals surface area contributed by atoms with Crippen LogP contribution in [0.4, 0.5) is 5.82 Å². The zero-order valence-electron chi connectivity index (χ0n) is 30.3. The fourth-order valence-electron chi connectivity index (χ4n) is 6.00. The molecule has 1 aliphatic heterocycles. The summed E-state index contributed by atoms with van der Waals surface area (Å²) < 4.78 is 18.8. The van der Waals surface area contributed by atoms with Gasteiger partial charge in [0.1, 0.15) is 17.2 Å². The number of hydrogen-bond donors (Lipinski definition) is 3. The molecule has 49 heavy (non-hydrogen) atoms. The van der Waals surface area contributed by atoms with E-state index in [1.807, 2.05) is 44.2 Å². The Kier molecular flexibility index (Phi) is 12.5. The lowest BCUT2D eigenvalue weighted by molar-refractivity contribution is -0.139. The molecule has 266 valence electrons. The second-order valence-corrected chi connectivity index (χ2v) is 14.0. The molecule has 10 heteroatoms. The molecule has 5 rings (SSSR count). The zero-order chi connectivity index (χ0) is 35.9. The lowest BCUT2D eigenvalue weighted by Gasteiger charge is -2.41. The van der Waals surface area contributed by atoms with Crippen LogP contribution in [0, 0.1) is 20.8 Å². The van der Waals surface area contributed by atoms with E-state index in [9.17, 15) is 9.90 Å². The molecule has 0 amide bonds. The number of aliphatic hydroxyl groups is 2. The standard InChI is InChI=1S/C35H43N3O6.C4H10O/c1-23-9-10-31(40)29(19-23)26-7-6-8-27(20-26)30-22-38-33(36-30)25(3)24(2)28(21-32(41)42-5)34(38)37-13-11-35(4,12-14-37)44-18-17-43-16-15-39;1-4(2,3)5/h6-10,19-20,22,39-40H,11-18,21H2,1-5H3;5H,1-3H3. The number of ether oxygens (including phenoxy) is 3. The minimum absolute atomic E-state index is 0.00227. The quantitative estimate of drug-likeness (QED) is 0.126. The number of imidazole rings is 1. The van der Waals surface area contributed by atoms with Gasteiger partial charge in [-0.1, -0.05) is 29.8 Å². The van der Waals surface area contributed by atoms with Crippen LogP contribution in [0.5, 0.6) is 5.75 Å². The number of hydrogen-bond acceptors (Lipinski definition) is 9. The van der Waals surface area contributed by atoms with Crippen molar-refractivity contribution in [2.75, 3.05) is 51.5 Å². The van der Waals surface area contributed by atoms with Gasteiger partial charge in [0.05, 0.1) is 56.9 Å². The van der Waals surface area contributed by atoms with Crippen LogP contribution >= 0.6 is 0 Å². The van der Waals surface area contributed by atoms with Crippen LogP contribution in [0.2, 0.25) is 0 Å². The number of piperidine rings is 1. The number of aromatic nitrogens is 2. The van der Waals surface area contributed by atoms with Gasteiger partial charge in [0.25, 0.3) is 0 Å². The highest BCUT2D eigenvalue weighted by Crippen LogP contribution is 2.37. The van der Waals surface area contributed by atoms with Crippen LogP contribution in [0.25, 0.3) is 28.0 Å². The number of phenolic OH excluding ortho intramolecular Hbond substituents is 1. The number of methoxy groups -OCH3 is 1. The van der Waals surface area contributed by atoms with Gasteiger partial charge in [-0.25, -0.2) is 4.98 Å². The Morgan fingerprint density at radius 3 is 2.31 bits per heavy atom. The van der Waals surface area contributed by atoms with E-state index in [4.69, 9.17) is 29.4 Å². The number of aliphatic hydroxyl groups excluding tert-OH is 1. The first-order valence-corrected chi connectivity index (χ1v) is 16.9. The molecule has 0 aliphatic carbocycles. The van der Waals surface area contributed by atoms with Crippen molar-refractivity contribution in [2.45, 2.75) is 78.9 Å². The number of nitrogens with zero attached hydrogens (tertiary/aromatic N) is 3. The summed E-state index contributed by atoms with van der Waals surface area (Å²) in [4.78, 5) is 20.1. The van der Waals surface area contributed by atoms with Crippen molar-refractivity contribution in [1.82, 2.24) is 9.38 Å². The van der Waals surface area contributed by atoms with Crippen molar-refractivity contribution < 1.29 is 34.3 Å². The predicted molar refractivity (Wildman–Crippen MR) is 193 cm³/mol. The fraction of sp³-hybridized carbons (Fsp3) is 0.487. The highest BCUT2D eigenvalue weighted by atomic mass is 16.5. The summed E-state index contributed by atoms with van der Waals surface area (Å²) in [6.07, 6.45) is 3.83. The van der Waals surface area contributed by atoms with Crippen molar-refractivity contribution >= 4 is 17.4 Å². The second-order valence-electron chi connectivity index (χ2n) is 14.0. The number of aromatic hydroxyl groups is 1. The molecule has 1 saturated heterocycles. The molecular formula is C39H53N3O7. The van der Waals surface area contributed by atoms with Gasteiger partial charge in [-0.3, -0.25) is 9.20 Å². The van der Waals surface area contributed by atoms with Gasteiger partial charge in [-0.2, -0.15) is 0 Å². The van der Waals surface area contributed by atoms with Gasteiger partial charge >= 0.3 is 5.97 Å². The monoisotopic (exact) mass is 675 g/mol. The third kappa shape index (κ3) is 9.82. The fourth-order valence-corrected chi connectivity index (χ4v) is 6.00. The highest BCUT2D eigenvalue weighted by Gasteiger charge is 2.33. The number of phenols is 1. The summed E-state index contributed by atoms with van der Waals surface area (Å²) >= 11 is 0. The van der Waals surface area contributed by atoms with Gasteiger partial charge in [-0.15, -0.1) is 0 Å². The van der Waals surface area contributed by atoms with Gasteiger partial charge in [0.2, 0.25) is 0 Å². The number of fused-ring (bicyclic) bond motifs is 1. The second kappa shape index (κ2) is 16.2. The topological polar surface area (TPSA) is 126 Å². The van der Waals surface area contributed by atoms with E-state index >= 15 is 0 Å². The first-order valence-electron chi connectivity index (χ1n) is 16.9. The zero-order valence-corrected chi connectivity index (χ0v) is 30.3. The Hall–Kier alpha value is -3.96. The number of rotatable bonds is 11. The number of carbonyl (C=O) groups is 1. The molecule has 4 aromatic rings. The van der Waals surface area contributed by atoms with Crippen LogP contribution in [-0.2, 0) is 25.4 Å². The van der Waals surface area contributed by atoms with E-state index in [0.29, 0.717) is 19.8 Å². The molecule has 0 spiro atoms. The maximum atomic E-state index is 12.6. The molecule has 2 aromatic carbocycles. The first-order chi connectivity index (χ1) is 23.1. The third-order valence-electron chi connectivity index (χ3n) is 8.76. The Labute approximate surface area is 290 Å². The molecule has 3 heterocycles. The largest absolute Gasteiger partial charge is 0.507 e. The number of benzene rings is 2. The smallest absolute Gasteiger partial charge is 0.310 e. The normalized spacial score (nSPS) is 14.4. The van der Waals surface area contributed by atoms with Gasteiger partial charge in [-0.05, 0) is 96.2 Å². The van der Waals surface area contributed by atoms with Crippen molar-refractivity contribution in [3.8, 4) is 28.1 Å². The number of anilines is 1. The third-order valence-corrected chi connectivity index (χ3v) is 8.76. The number of carbonyl (C=O) groups excluding carboxylic acids is 1. The lowest BCUT2D eigenvalue weighted by atomic mass is 9.92. The summed E-state index contributed by atoms with van der Waals surface area (Å²) in [6.45, 7) is 16.2. The maximum Gasteiger partial charge on any atom is 0.310 e. The number of aryl methyl sites for hydroxylation is 2. The van der Waals surface area contributed by atoms with E-state index < -0.39 is 5.60 Å². The van der Waals surface area contributed by atoms with Crippen molar-refractivity contribution in [1.29, 1.82) is 0 Å². The number of pyridine rings is 1. The molecular weight excluding hydrogens is 622 g/mol. The Morgan fingerprint density at radius 2 is 1.65 bits per heavy atom. The minimum Gasteiger partial charge on any atom is -0.507 e. The summed E-state index contributed by atoms with van der Waals surface area (Å²) in [5.41, 5.74) is 7.55. The molecule has 1 aliphatic rings. The van der Waals surface area contributed by atoms with E-state index in [-0.39, 0.29) is 30.3 Å². The maximum absolute atomic E-state index is 12.6. The van der Waals surface area contributed by atoms with Crippen molar-refractivity contribution in [3.63, 3.8) is 0 Å². The molecule has 1 fully saturated rings. The van der Waals surface area contributed by atoms with Crippen LogP contribution in [0.15, 0.2) is 48.7 Å². The molecule has 0 atom stereocenters. The highest BCUT2D eigenvalue weighted by molar-refractivity contribution is 5.80. The molecule has 0 radical (unpaired) electrons. The summed E-state index contributed by atoms with van der Waals surface area (Å²) in [6, 6.07) is 13.7. The van der Waals surface area contributed by atoms with Gasteiger partial charge < -0.3 is 34.4 Å². The molecule has 0 unspecified atom stereocenters.